The first kappa shape index (κ1) is 10.3. The maximum Gasteiger partial charge on any atom is 0.0581 e. The van der Waals surface area contributed by atoms with Gasteiger partial charge in [-0.05, 0) is 52.4 Å². The molecule has 1 saturated carbocycles. The summed E-state index contributed by atoms with van der Waals surface area (Å²) in [6, 6.07) is 11.0. The molecule has 2 unspecified atom stereocenters. The lowest BCUT2D eigenvalue weighted by Gasteiger charge is -2.18. The molecule has 0 aromatic heterocycles. The minimum atomic E-state index is 0.223. The van der Waals surface area contributed by atoms with Crippen molar-refractivity contribution in [3.63, 3.8) is 0 Å². The standard InChI is InChI=1S/C15H10Br2/c16-14-3-1-2-9-6-10-4-5-11-8-15(11,17)13(10)7-12(9)14/h1-7,11H,8H2. The number of hydrogen-bond acceptors (Lipinski definition) is 0. The molecule has 0 heterocycles. The number of benzene rings is 2. The van der Waals surface area contributed by atoms with Gasteiger partial charge in [0.15, 0.2) is 0 Å². The van der Waals surface area contributed by atoms with Crippen LogP contribution in [0.1, 0.15) is 17.5 Å². The van der Waals surface area contributed by atoms with E-state index in [0.717, 1.165) is 0 Å². The second-order valence-electron chi connectivity index (χ2n) is 4.93. The molecule has 17 heavy (non-hydrogen) atoms. The van der Waals surface area contributed by atoms with Crippen molar-refractivity contribution in [1.29, 1.82) is 0 Å². The molecular weight excluding hydrogens is 340 g/mol. The number of fused-ring (bicyclic) bond motifs is 4. The summed E-state index contributed by atoms with van der Waals surface area (Å²) in [6.07, 6.45) is 5.83. The Morgan fingerprint density at radius 1 is 1.24 bits per heavy atom. The third kappa shape index (κ3) is 1.34. The van der Waals surface area contributed by atoms with Crippen molar-refractivity contribution in [2.75, 3.05) is 0 Å². The van der Waals surface area contributed by atoms with Gasteiger partial charge in [0.1, 0.15) is 0 Å². The van der Waals surface area contributed by atoms with Crippen LogP contribution >= 0.6 is 31.9 Å². The summed E-state index contributed by atoms with van der Waals surface area (Å²) in [4.78, 5) is 0. The van der Waals surface area contributed by atoms with Gasteiger partial charge in [-0.3, -0.25) is 0 Å². The van der Waals surface area contributed by atoms with E-state index in [1.165, 1.54) is 32.8 Å². The molecule has 84 valence electrons. The molecule has 0 amide bonds. The highest BCUT2D eigenvalue weighted by Gasteiger charge is 2.54. The van der Waals surface area contributed by atoms with Crippen LogP contribution in [-0.2, 0) is 4.32 Å². The highest BCUT2D eigenvalue weighted by Crippen LogP contribution is 2.63. The van der Waals surface area contributed by atoms with Gasteiger partial charge >= 0.3 is 0 Å². The van der Waals surface area contributed by atoms with Crippen molar-refractivity contribution in [1.82, 2.24) is 0 Å². The van der Waals surface area contributed by atoms with Crippen LogP contribution in [0.15, 0.2) is 40.9 Å². The van der Waals surface area contributed by atoms with E-state index in [-0.39, 0.29) is 4.32 Å². The van der Waals surface area contributed by atoms with Gasteiger partial charge in [0.2, 0.25) is 0 Å². The summed E-state index contributed by atoms with van der Waals surface area (Å²) >= 11 is 7.55. The van der Waals surface area contributed by atoms with E-state index in [1.807, 2.05) is 0 Å². The fourth-order valence-electron chi connectivity index (χ4n) is 2.81. The second-order valence-corrected chi connectivity index (χ2v) is 7.20. The van der Waals surface area contributed by atoms with Gasteiger partial charge in [0, 0.05) is 4.47 Å². The van der Waals surface area contributed by atoms with Gasteiger partial charge in [-0.25, -0.2) is 0 Å². The number of halogens is 2. The Balaban J connectivity index is 2.10. The fourth-order valence-corrected chi connectivity index (χ4v) is 4.15. The normalized spacial score (nSPS) is 28.9. The van der Waals surface area contributed by atoms with Gasteiger partial charge in [0.25, 0.3) is 0 Å². The summed E-state index contributed by atoms with van der Waals surface area (Å²) in [5.41, 5.74) is 2.81. The van der Waals surface area contributed by atoms with Crippen molar-refractivity contribution < 1.29 is 0 Å². The van der Waals surface area contributed by atoms with Crippen molar-refractivity contribution in [2.24, 2.45) is 5.92 Å². The maximum atomic E-state index is 3.91. The van der Waals surface area contributed by atoms with Crippen molar-refractivity contribution in [3.05, 3.63) is 52.0 Å². The van der Waals surface area contributed by atoms with E-state index < -0.39 is 0 Å². The molecule has 0 spiro atoms. The van der Waals surface area contributed by atoms with Gasteiger partial charge in [-0.1, -0.05) is 56.1 Å². The van der Waals surface area contributed by atoms with Crippen LogP contribution in [0.4, 0.5) is 0 Å². The van der Waals surface area contributed by atoms with E-state index in [1.54, 1.807) is 0 Å². The third-order valence-corrected chi connectivity index (χ3v) is 5.93. The number of allylic oxidation sites excluding steroid dienone is 1. The van der Waals surface area contributed by atoms with Gasteiger partial charge in [0.05, 0.1) is 4.32 Å². The quantitative estimate of drug-likeness (QED) is 0.570. The maximum absolute atomic E-state index is 3.91. The van der Waals surface area contributed by atoms with E-state index in [4.69, 9.17) is 0 Å². The summed E-state index contributed by atoms with van der Waals surface area (Å²) in [5, 5.41) is 2.61. The average Bonchev–Trinajstić information content (AvgIpc) is 3.00. The zero-order chi connectivity index (χ0) is 11.6. The topological polar surface area (TPSA) is 0 Å². The second kappa shape index (κ2) is 3.24. The number of alkyl halides is 1. The third-order valence-electron chi connectivity index (χ3n) is 3.90. The molecule has 0 bridgehead atoms. The monoisotopic (exact) mass is 348 g/mol. The molecule has 0 N–H and O–H groups in total. The van der Waals surface area contributed by atoms with Crippen LogP contribution in [-0.4, -0.2) is 0 Å². The summed E-state index contributed by atoms with van der Waals surface area (Å²) in [7, 11) is 0. The SMILES string of the molecule is Brc1cccc2cc3c(cc12)C1(Br)CC1C=C3. The summed E-state index contributed by atoms with van der Waals surface area (Å²) in [5.74, 6) is 0.690. The van der Waals surface area contributed by atoms with Crippen molar-refractivity contribution in [3.8, 4) is 0 Å². The van der Waals surface area contributed by atoms with Crippen LogP contribution in [0, 0.1) is 5.92 Å². The first-order valence-electron chi connectivity index (χ1n) is 5.78. The molecule has 4 rings (SSSR count). The van der Waals surface area contributed by atoms with Crippen LogP contribution in [0.2, 0.25) is 0 Å². The largest absolute Gasteiger partial charge is 0.0794 e. The van der Waals surface area contributed by atoms with Crippen molar-refractivity contribution >= 4 is 48.7 Å². The van der Waals surface area contributed by atoms with Gasteiger partial charge < -0.3 is 0 Å². The lowest BCUT2D eigenvalue weighted by Crippen LogP contribution is -2.05. The Morgan fingerprint density at radius 2 is 2.12 bits per heavy atom. The summed E-state index contributed by atoms with van der Waals surface area (Å²) in [6.45, 7) is 0. The van der Waals surface area contributed by atoms with Crippen molar-refractivity contribution in [2.45, 2.75) is 10.7 Å². The minimum absolute atomic E-state index is 0.223. The Morgan fingerprint density at radius 3 is 3.00 bits per heavy atom. The smallest absolute Gasteiger partial charge is 0.0581 e. The van der Waals surface area contributed by atoms with E-state index >= 15 is 0 Å². The highest BCUT2D eigenvalue weighted by atomic mass is 79.9. The first-order valence-corrected chi connectivity index (χ1v) is 7.37. The van der Waals surface area contributed by atoms with E-state index in [9.17, 15) is 0 Å². The Bertz CT molecular complexity index is 672. The zero-order valence-corrected chi connectivity index (χ0v) is 12.3. The predicted molar refractivity (Wildman–Crippen MR) is 79.4 cm³/mol. The van der Waals surface area contributed by atoms with Gasteiger partial charge in [-0.2, -0.15) is 0 Å². The molecule has 2 aliphatic carbocycles. The molecule has 2 aliphatic rings. The lowest BCUT2D eigenvalue weighted by atomic mass is 9.93. The van der Waals surface area contributed by atoms with Crippen LogP contribution in [0.25, 0.3) is 16.8 Å². The lowest BCUT2D eigenvalue weighted by molar-refractivity contribution is 0.948. The highest BCUT2D eigenvalue weighted by molar-refractivity contribution is 9.10. The molecule has 0 radical (unpaired) electrons. The molecule has 2 aromatic carbocycles. The molecule has 2 heteroatoms. The molecule has 1 fully saturated rings. The average molecular weight is 350 g/mol. The van der Waals surface area contributed by atoms with E-state index in [2.05, 4.69) is 74.3 Å². The molecule has 0 nitrogen and oxygen atoms in total. The summed E-state index contributed by atoms with van der Waals surface area (Å²) < 4.78 is 1.40. The molecule has 2 atom stereocenters. The minimum Gasteiger partial charge on any atom is -0.0794 e. The molecular formula is C15H10Br2. The predicted octanol–water partition coefficient (Wildman–Crippen LogP) is 5.24. The number of rotatable bonds is 0. The fraction of sp³-hybridized carbons (Fsp3) is 0.200. The Kier molecular flexibility index (Phi) is 1.97. The Labute approximate surface area is 117 Å². The first-order chi connectivity index (χ1) is 8.18. The van der Waals surface area contributed by atoms with Crippen LogP contribution in [0.3, 0.4) is 0 Å². The number of hydrogen-bond donors (Lipinski definition) is 0. The van der Waals surface area contributed by atoms with Crippen LogP contribution in [0.5, 0.6) is 0 Å². The molecule has 0 aliphatic heterocycles. The molecule has 0 saturated heterocycles. The van der Waals surface area contributed by atoms with E-state index in [0.29, 0.717) is 5.92 Å². The van der Waals surface area contributed by atoms with Gasteiger partial charge in [-0.15, -0.1) is 0 Å². The molecule has 2 aromatic rings. The van der Waals surface area contributed by atoms with Crippen LogP contribution < -0.4 is 0 Å². The zero-order valence-electron chi connectivity index (χ0n) is 9.08. The Hall–Kier alpha value is -0.600.